The molecule has 18 heavy (non-hydrogen) atoms. The molecule has 0 amide bonds. The van der Waals surface area contributed by atoms with Crippen molar-refractivity contribution in [3.8, 4) is 5.88 Å². The van der Waals surface area contributed by atoms with E-state index in [2.05, 4.69) is 9.97 Å². The number of carbonyl (C=O) groups is 1. The summed E-state index contributed by atoms with van der Waals surface area (Å²) in [6, 6.07) is -0.00217. The second-order valence-corrected chi connectivity index (χ2v) is 4.36. The maximum atomic E-state index is 10.9. The lowest BCUT2D eigenvalue weighted by molar-refractivity contribution is -0.137. The Hall–Kier alpha value is -1.85. The van der Waals surface area contributed by atoms with E-state index >= 15 is 0 Å². The van der Waals surface area contributed by atoms with Crippen LogP contribution in [0.1, 0.15) is 25.7 Å². The van der Waals surface area contributed by atoms with Crippen LogP contribution in [0.15, 0.2) is 12.4 Å². The van der Waals surface area contributed by atoms with Crippen LogP contribution in [0.4, 0.5) is 5.82 Å². The minimum absolute atomic E-state index is 0.00217. The number of aliphatic carboxylic acids is 1. The van der Waals surface area contributed by atoms with Crippen molar-refractivity contribution in [2.75, 3.05) is 18.6 Å². The smallest absolute Gasteiger partial charge is 0.305 e. The molecule has 1 fully saturated rings. The molecule has 1 saturated heterocycles. The molecule has 1 atom stereocenters. The topological polar surface area (TPSA) is 75.5 Å². The van der Waals surface area contributed by atoms with Crippen molar-refractivity contribution in [2.45, 2.75) is 31.7 Å². The number of carboxylic acids is 1. The van der Waals surface area contributed by atoms with Gasteiger partial charge in [-0.1, -0.05) is 0 Å². The molecule has 0 saturated carbocycles. The molecular weight excluding hydrogens is 234 g/mol. The molecule has 1 aliphatic heterocycles. The molecule has 6 nitrogen and oxygen atoms in total. The average Bonchev–Trinajstić information content (AvgIpc) is 2.39. The third-order valence-corrected chi connectivity index (χ3v) is 3.14. The Kier molecular flexibility index (Phi) is 3.96. The van der Waals surface area contributed by atoms with Crippen LogP contribution in [-0.4, -0.2) is 40.7 Å². The van der Waals surface area contributed by atoms with E-state index in [-0.39, 0.29) is 12.5 Å². The number of nitrogens with zero attached hydrogens (tertiary/aromatic N) is 3. The van der Waals surface area contributed by atoms with Gasteiger partial charge in [-0.15, -0.1) is 0 Å². The summed E-state index contributed by atoms with van der Waals surface area (Å²) in [4.78, 5) is 21.3. The monoisotopic (exact) mass is 251 g/mol. The fraction of sp³-hybridized carbons (Fsp3) is 0.583. The van der Waals surface area contributed by atoms with Crippen molar-refractivity contribution >= 4 is 11.8 Å². The predicted octanol–water partition coefficient (Wildman–Crippen LogP) is 1.32. The number of hydrogen-bond donors (Lipinski definition) is 1. The predicted molar refractivity (Wildman–Crippen MR) is 65.8 cm³/mol. The van der Waals surface area contributed by atoms with Crippen molar-refractivity contribution < 1.29 is 14.6 Å². The number of anilines is 1. The van der Waals surface area contributed by atoms with E-state index < -0.39 is 5.97 Å². The van der Waals surface area contributed by atoms with Crippen molar-refractivity contribution in [3.05, 3.63) is 12.4 Å². The van der Waals surface area contributed by atoms with Gasteiger partial charge in [0.05, 0.1) is 25.9 Å². The molecule has 1 aromatic heterocycles. The molecule has 1 aliphatic rings. The van der Waals surface area contributed by atoms with Gasteiger partial charge in [-0.05, 0) is 19.3 Å². The van der Waals surface area contributed by atoms with Crippen LogP contribution in [-0.2, 0) is 4.79 Å². The van der Waals surface area contributed by atoms with Gasteiger partial charge in [-0.25, -0.2) is 0 Å². The number of methoxy groups -OCH3 is 1. The van der Waals surface area contributed by atoms with Gasteiger partial charge in [0.25, 0.3) is 0 Å². The van der Waals surface area contributed by atoms with E-state index in [0.717, 1.165) is 25.8 Å². The van der Waals surface area contributed by atoms with Gasteiger partial charge in [-0.2, -0.15) is 4.98 Å². The van der Waals surface area contributed by atoms with E-state index in [4.69, 9.17) is 9.84 Å². The number of ether oxygens (including phenoxy) is 1. The molecule has 0 bridgehead atoms. The second kappa shape index (κ2) is 5.66. The lowest BCUT2D eigenvalue weighted by Crippen LogP contribution is -2.41. The Balaban J connectivity index is 2.19. The fourth-order valence-electron chi connectivity index (χ4n) is 2.29. The summed E-state index contributed by atoms with van der Waals surface area (Å²) >= 11 is 0. The third-order valence-electron chi connectivity index (χ3n) is 3.14. The summed E-state index contributed by atoms with van der Waals surface area (Å²) in [6.07, 6.45) is 6.33. The molecular formula is C12H17N3O3. The molecule has 6 heteroatoms. The minimum Gasteiger partial charge on any atom is -0.481 e. The summed E-state index contributed by atoms with van der Waals surface area (Å²) in [5, 5.41) is 8.94. The van der Waals surface area contributed by atoms with Crippen LogP contribution in [0.3, 0.4) is 0 Å². The standard InChI is InChI=1S/C12H17N3O3/c1-18-11-8-13-7-10(14-11)15-5-3-2-4-9(15)6-12(16)17/h7-9H,2-6H2,1H3,(H,16,17). The molecule has 0 radical (unpaired) electrons. The van der Waals surface area contributed by atoms with E-state index in [1.165, 1.54) is 0 Å². The van der Waals surface area contributed by atoms with Crippen LogP contribution in [0.2, 0.25) is 0 Å². The molecule has 0 aromatic carbocycles. The Bertz CT molecular complexity index is 425. The van der Waals surface area contributed by atoms with Crippen molar-refractivity contribution in [3.63, 3.8) is 0 Å². The number of hydrogen-bond acceptors (Lipinski definition) is 5. The molecule has 2 rings (SSSR count). The quantitative estimate of drug-likeness (QED) is 0.869. The van der Waals surface area contributed by atoms with Crippen LogP contribution in [0.25, 0.3) is 0 Å². The van der Waals surface area contributed by atoms with Gasteiger partial charge in [0.1, 0.15) is 0 Å². The van der Waals surface area contributed by atoms with Crippen molar-refractivity contribution in [2.24, 2.45) is 0 Å². The zero-order chi connectivity index (χ0) is 13.0. The van der Waals surface area contributed by atoms with Crippen LogP contribution in [0, 0.1) is 0 Å². The molecule has 1 N–H and O–H groups in total. The highest BCUT2D eigenvalue weighted by molar-refractivity contribution is 5.68. The zero-order valence-corrected chi connectivity index (χ0v) is 10.4. The van der Waals surface area contributed by atoms with Crippen LogP contribution < -0.4 is 9.64 Å². The molecule has 1 aromatic rings. The number of rotatable bonds is 4. The maximum absolute atomic E-state index is 10.9. The van der Waals surface area contributed by atoms with Gasteiger partial charge >= 0.3 is 5.97 Å². The summed E-state index contributed by atoms with van der Waals surface area (Å²) in [6.45, 7) is 0.819. The first kappa shape index (κ1) is 12.6. The Morgan fingerprint density at radius 3 is 3.11 bits per heavy atom. The zero-order valence-electron chi connectivity index (χ0n) is 10.4. The summed E-state index contributed by atoms with van der Waals surface area (Å²) < 4.78 is 5.05. The summed E-state index contributed by atoms with van der Waals surface area (Å²) in [5.41, 5.74) is 0. The highest BCUT2D eigenvalue weighted by Gasteiger charge is 2.26. The minimum atomic E-state index is -0.775. The normalized spacial score (nSPS) is 19.6. The molecule has 98 valence electrons. The van der Waals surface area contributed by atoms with Gasteiger partial charge in [0, 0.05) is 12.6 Å². The maximum Gasteiger partial charge on any atom is 0.305 e. The highest BCUT2D eigenvalue weighted by Crippen LogP contribution is 2.25. The molecule has 0 spiro atoms. The van der Waals surface area contributed by atoms with Gasteiger partial charge in [-0.3, -0.25) is 9.78 Å². The van der Waals surface area contributed by atoms with E-state index in [1.54, 1.807) is 19.5 Å². The first-order chi connectivity index (χ1) is 8.70. The highest BCUT2D eigenvalue weighted by atomic mass is 16.5. The lowest BCUT2D eigenvalue weighted by Gasteiger charge is -2.35. The van der Waals surface area contributed by atoms with Gasteiger partial charge in [0.2, 0.25) is 5.88 Å². The summed E-state index contributed by atoms with van der Waals surface area (Å²) in [7, 11) is 1.54. The van der Waals surface area contributed by atoms with Gasteiger partial charge < -0.3 is 14.7 Å². The van der Waals surface area contributed by atoms with Crippen molar-refractivity contribution in [1.29, 1.82) is 0 Å². The molecule has 0 aliphatic carbocycles. The first-order valence-corrected chi connectivity index (χ1v) is 6.05. The van der Waals surface area contributed by atoms with E-state index in [9.17, 15) is 4.79 Å². The first-order valence-electron chi connectivity index (χ1n) is 6.05. The number of carboxylic acid groups (broad SMARTS) is 1. The largest absolute Gasteiger partial charge is 0.481 e. The lowest BCUT2D eigenvalue weighted by atomic mass is 9.99. The van der Waals surface area contributed by atoms with E-state index in [0.29, 0.717) is 11.7 Å². The van der Waals surface area contributed by atoms with E-state index in [1.807, 2.05) is 4.90 Å². The SMILES string of the molecule is COc1cncc(N2CCCCC2CC(=O)O)n1. The fourth-order valence-corrected chi connectivity index (χ4v) is 2.29. The average molecular weight is 251 g/mol. The van der Waals surface area contributed by atoms with Crippen molar-refractivity contribution in [1.82, 2.24) is 9.97 Å². The number of aromatic nitrogens is 2. The van der Waals surface area contributed by atoms with Crippen LogP contribution in [0.5, 0.6) is 5.88 Å². The Labute approximate surface area is 106 Å². The summed E-state index contributed by atoms with van der Waals surface area (Å²) in [5.74, 6) is 0.371. The van der Waals surface area contributed by atoms with Gasteiger partial charge in [0.15, 0.2) is 5.82 Å². The third kappa shape index (κ3) is 2.88. The van der Waals surface area contributed by atoms with Crippen LogP contribution >= 0.6 is 0 Å². The molecule has 2 heterocycles. The Morgan fingerprint density at radius 1 is 1.56 bits per heavy atom. The second-order valence-electron chi connectivity index (χ2n) is 4.36. The Morgan fingerprint density at radius 2 is 2.39 bits per heavy atom. The number of piperidine rings is 1. The molecule has 1 unspecified atom stereocenters.